The number of amides is 1. The minimum Gasteiger partial charge on any atom is -0.395 e. The van der Waals surface area contributed by atoms with Gasteiger partial charge < -0.3 is 15.5 Å². The first kappa shape index (κ1) is 11.9. The Kier molecular flexibility index (Phi) is 3.06. The lowest BCUT2D eigenvalue weighted by Crippen LogP contribution is -2.52. The van der Waals surface area contributed by atoms with E-state index in [9.17, 15) is 4.79 Å². The number of aryl methyl sites for hydroxylation is 1. The van der Waals surface area contributed by atoms with E-state index < -0.39 is 0 Å². The molecule has 0 saturated carbocycles. The molecule has 94 valence electrons. The first-order valence-electron chi connectivity index (χ1n) is 5.80. The molecule has 1 fully saturated rings. The van der Waals surface area contributed by atoms with E-state index in [4.69, 9.17) is 5.73 Å². The molecule has 1 aromatic heterocycles. The summed E-state index contributed by atoms with van der Waals surface area (Å²) in [5, 5.41) is 6.74. The van der Waals surface area contributed by atoms with Crippen molar-refractivity contribution in [2.45, 2.75) is 19.9 Å². The van der Waals surface area contributed by atoms with E-state index in [-0.39, 0.29) is 11.9 Å². The van der Waals surface area contributed by atoms with Crippen LogP contribution in [0.4, 0.5) is 5.69 Å². The molecule has 3 N–H and O–H groups in total. The van der Waals surface area contributed by atoms with Crippen LogP contribution >= 0.6 is 0 Å². The zero-order valence-electron chi connectivity index (χ0n) is 10.5. The summed E-state index contributed by atoms with van der Waals surface area (Å²) in [7, 11) is 2.06. The van der Waals surface area contributed by atoms with Crippen LogP contribution < -0.4 is 5.73 Å². The topological polar surface area (TPSA) is 78.2 Å². The fourth-order valence-electron chi connectivity index (χ4n) is 2.18. The molecule has 1 aromatic rings. The monoisotopic (exact) mass is 237 g/mol. The molecule has 0 bridgehead atoms. The Morgan fingerprint density at radius 1 is 1.53 bits per heavy atom. The van der Waals surface area contributed by atoms with Crippen LogP contribution in [0.5, 0.6) is 0 Å². The number of aromatic amines is 1. The van der Waals surface area contributed by atoms with Crippen molar-refractivity contribution < 1.29 is 4.79 Å². The Balaban J connectivity index is 2.18. The molecule has 1 saturated heterocycles. The average Bonchev–Trinajstić information content (AvgIpc) is 2.59. The van der Waals surface area contributed by atoms with E-state index in [0.29, 0.717) is 11.4 Å². The predicted octanol–water partition coefficient (Wildman–Crippen LogP) is 0.0764. The Hall–Kier alpha value is -1.56. The second-order valence-electron chi connectivity index (χ2n) is 4.72. The maximum Gasteiger partial charge on any atom is 0.276 e. The maximum atomic E-state index is 12.3. The first-order valence-corrected chi connectivity index (χ1v) is 5.80. The van der Waals surface area contributed by atoms with Gasteiger partial charge in [0.25, 0.3) is 5.91 Å². The van der Waals surface area contributed by atoms with E-state index in [1.54, 1.807) is 0 Å². The number of hydrogen-bond donors (Lipinski definition) is 2. The lowest BCUT2D eigenvalue weighted by molar-refractivity contribution is 0.0529. The lowest BCUT2D eigenvalue weighted by Gasteiger charge is -2.37. The van der Waals surface area contributed by atoms with Crippen molar-refractivity contribution in [1.29, 1.82) is 0 Å². The van der Waals surface area contributed by atoms with Gasteiger partial charge in [-0.15, -0.1) is 0 Å². The van der Waals surface area contributed by atoms with Crippen molar-refractivity contribution >= 4 is 11.6 Å². The summed E-state index contributed by atoms with van der Waals surface area (Å²) in [6.45, 7) is 6.35. The van der Waals surface area contributed by atoms with Crippen LogP contribution in [0.15, 0.2) is 0 Å². The van der Waals surface area contributed by atoms with Gasteiger partial charge in [-0.3, -0.25) is 9.89 Å². The Bertz CT molecular complexity index is 427. The van der Waals surface area contributed by atoms with Gasteiger partial charge in [0.05, 0.1) is 11.4 Å². The zero-order valence-corrected chi connectivity index (χ0v) is 10.5. The zero-order chi connectivity index (χ0) is 12.6. The first-order chi connectivity index (χ1) is 8.00. The van der Waals surface area contributed by atoms with Crippen LogP contribution in [0.3, 0.4) is 0 Å². The second kappa shape index (κ2) is 4.37. The van der Waals surface area contributed by atoms with Crippen LogP contribution in [-0.2, 0) is 0 Å². The third kappa shape index (κ3) is 2.12. The average molecular weight is 237 g/mol. The minimum absolute atomic E-state index is 0.0764. The van der Waals surface area contributed by atoms with Gasteiger partial charge in [0.15, 0.2) is 5.69 Å². The molecule has 1 atom stereocenters. The second-order valence-corrected chi connectivity index (χ2v) is 4.72. The van der Waals surface area contributed by atoms with Crippen LogP contribution in [0.1, 0.15) is 23.1 Å². The van der Waals surface area contributed by atoms with Crippen molar-refractivity contribution in [1.82, 2.24) is 20.0 Å². The molecule has 0 aromatic carbocycles. The van der Waals surface area contributed by atoms with Gasteiger partial charge >= 0.3 is 0 Å². The molecule has 6 nitrogen and oxygen atoms in total. The summed E-state index contributed by atoms with van der Waals surface area (Å²) in [5.41, 5.74) is 7.38. The van der Waals surface area contributed by atoms with E-state index >= 15 is 0 Å². The van der Waals surface area contributed by atoms with E-state index in [1.165, 1.54) is 0 Å². The standard InChI is InChI=1S/C11H19N5O/c1-7-6-15(3)4-5-16(7)11(17)10-9(12)8(2)13-14-10/h7H,4-6,12H2,1-3H3,(H,13,14). The predicted molar refractivity (Wildman–Crippen MR) is 65.7 cm³/mol. The fourth-order valence-corrected chi connectivity index (χ4v) is 2.18. The molecule has 6 heteroatoms. The molecule has 1 aliphatic heterocycles. The SMILES string of the molecule is Cc1[nH]nc(C(=O)N2CCN(C)CC2C)c1N. The highest BCUT2D eigenvalue weighted by atomic mass is 16.2. The summed E-state index contributed by atoms with van der Waals surface area (Å²) in [4.78, 5) is 16.4. The number of rotatable bonds is 1. The highest BCUT2D eigenvalue weighted by molar-refractivity contribution is 5.97. The molecule has 1 amide bonds. The van der Waals surface area contributed by atoms with Gasteiger partial charge in [-0.2, -0.15) is 5.10 Å². The van der Waals surface area contributed by atoms with E-state index in [0.717, 1.165) is 25.3 Å². The third-order valence-electron chi connectivity index (χ3n) is 3.29. The normalized spacial score (nSPS) is 21.8. The van der Waals surface area contributed by atoms with Gasteiger partial charge in [0.1, 0.15) is 0 Å². The van der Waals surface area contributed by atoms with Crippen molar-refractivity contribution in [2.24, 2.45) is 0 Å². The summed E-state index contributed by atoms with van der Waals surface area (Å²) >= 11 is 0. The van der Waals surface area contributed by atoms with E-state index in [2.05, 4.69) is 22.1 Å². The molecule has 1 unspecified atom stereocenters. The van der Waals surface area contributed by atoms with Crippen molar-refractivity contribution in [3.05, 3.63) is 11.4 Å². The highest BCUT2D eigenvalue weighted by Gasteiger charge is 2.29. The Morgan fingerprint density at radius 3 is 2.76 bits per heavy atom. The van der Waals surface area contributed by atoms with Crippen molar-refractivity contribution in [2.75, 3.05) is 32.4 Å². The van der Waals surface area contributed by atoms with Gasteiger partial charge in [-0.05, 0) is 20.9 Å². The Morgan fingerprint density at radius 2 is 2.24 bits per heavy atom. The number of H-pyrrole nitrogens is 1. The molecular formula is C11H19N5O. The third-order valence-corrected chi connectivity index (χ3v) is 3.29. The van der Waals surface area contributed by atoms with Gasteiger partial charge in [0, 0.05) is 25.7 Å². The lowest BCUT2D eigenvalue weighted by atomic mass is 10.1. The molecule has 2 heterocycles. The molecule has 0 aliphatic carbocycles. The number of carbonyl (C=O) groups is 1. The smallest absolute Gasteiger partial charge is 0.276 e. The summed E-state index contributed by atoms with van der Waals surface area (Å²) in [6, 6.07) is 0.192. The number of hydrogen-bond acceptors (Lipinski definition) is 4. The maximum absolute atomic E-state index is 12.3. The fraction of sp³-hybridized carbons (Fsp3) is 0.636. The number of likely N-dealkylation sites (N-methyl/N-ethyl adjacent to an activating group) is 1. The van der Waals surface area contributed by atoms with Crippen LogP contribution in [0.2, 0.25) is 0 Å². The molecule has 17 heavy (non-hydrogen) atoms. The number of aromatic nitrogens is 2. The number of nitrogens with two attached hydrogens (primary N) is 1. The molecule has 0 radical (unpaired) electrons. The minimum atomic E-state index is -0.0764. The van der Waals surface area contributed by atoms with Crippen LogP contribution in [-0.4, -0.2) is 58.6 Å². The molecule has 1 aliphatic rings. The number of nitrogen functional groups attached to an aromatic ring is 1. The summed E-state index contributed by atoms with van der Waals surface area (Å²) < 4.78 is 0. The quantitative estimate of drug-likeness (QED) is 0.725. The van der Waals surface area contributed by atoms with Gasteiger partial charge in [-0.1, -0.05) is 0 Å². The number of nitrogens with zero attached hydrogens (tertiary/aromatic N) is 3. The largest absolute Gasteiger partial charge is 0.395 e. The van der Waals surface area contributed by atoms with Crippen LogP contribution in [0, 0.1) is 6.92 Å². The molecule has 2 rings (SSSR count). The van der Waals surface area contributed by atoms with Crippen LogP contribution in [0.25, 0.3) is 0 Å². The highest BCUT2D eigenvalue weighted by Crippen LogP contribution is 2.18. The number of carbonyl (C=O) groups excluding carboxylic acids is 1. The van der Waals surface area contributed by atoms with Crippen molar-refractivity contribution in [3.63, 3.8) is 0 Å². The Labute approximate surface area is 101 Å². The summed E-state index contributed by atoms with van der Waals surface area (Å²) in [6.07, 6.45) is 0. The molecular weight excluding hydrogens is 218 g/mol. The van der Waals surface area contributed by atoms with E-state index in [1.807, 2.05) is 18.7 Å². The number of nitrogens with one attached hydrogen (secondary N) is 1. The van der Waals surface area contributed by atoms with Gasteiger partial charge in [-0.25, -0.2) is 0 Å². The molecule has 0 spiro atoms. The summed E-state index contributed by atoms with van der Waals surface area (Å²) in [5.74, 6) is -0.0764. The van der Waals surface area contributed by atoms with Gasteiger partial charge in [0.2, 0.25) is 0 Å². The number of anilines is 1. The number of piperazine rings is 1. The van der Waals surface area contributed by atoms with Crippen molar-refractivity contribution in [3.8, 4) is 0 Å².